The molecule has 0 saturated carbocycles. The molecule has 3 atom stereocenters. The van der Waals surface area contributed by atoms with Gasteiger partial charge in [-0.3, -0.25) is 9.59 Å². The highest BCUT2D eigenvalue weighted by Crippen LogP contribution is 2.44. The maximum absolute atomic E-state index is 14.6. The van der Waals surface area contributed by atoms with Gasteiger partial charge >= 0.3 is 6.18 Å². The van der Waals surface area contributed by atoms with Crippen molar-refractivity contribution in [3.63, 3.8) is 0 Å². The Balaban J connectivity index is 1.44. The molecule has 1 aromatic heterocycles. The first kappa shape index (κ1) is 33.2. The summed E-state index contributed by atoms with van der Waals surface area (Å²) in [6, 6.07) is 12.5. The van der Waals surface area contributed by atoms with Gasteiger partial charge in [-0.05, 0) is 72.9 Å². The number of primary amides is 1. The molecule has 0 radical (unpaired) electrons. The second-order valence-electron chi connectivity index (χ2n) is 12.9. The zero-order valence-corrected chi connectivity index (χ0v) is 26.8. The molecule has 1 saturated heterocycles. The van der Waals surface area contributed by atoms with E-state index in [2.05, 4.69) is 15.5 Å². The van der Waals surface area contributed by atoms with Crippen molar-refractivity contribution >= 4 is 28.4 Å². The quantitative estimate of drug-likeness (QED) is 0.171. The van der Waals surface area contributed by atoms with Gasteiger partial charge in [-0.2, -0.15) is 18.3 Å². The fraction of sp³-hybridized carbons (Fsp3) is 0.382. The number of rotatable bonds is 11. The minimum atomic E-state index is -5.06. The largest absolute Gasteiger partial charge is 0.496 e. The summed E-state index contributed by atoms with van der Waals surface area (Å²) < 4.78 is 71.9. The Morgan fingerprint density at radius 1 is 1.17 bits per heavy atom. The summed E-state index contributed by atoms with van der Waals surface area (Å²) in [6.07, 6.45) is -4.98. The van der Waals surface area contributed by atoms with E-state index in [-0.39, 0.29) is 35.5 Å². The number of ether oxygens (including phenoxy) is 1. The molecule has 2 heterocycles. The van der Waals surface area contributed by atoms with Gasteiger partial charge < -0.3 is 30.9 Å². The molecule has 2 amide bonds. The first-order valence-electron chi connectivity index (χ1n) is 15.6. The van der Waals surface area contributed by atoms with Crippen LogP contribution in [-0.2, 0) is 10.2 Å². The molecule has 0 aliphatic carbocycles. The van der Waals surface area contributed by atoms with Crippen LogP contribution in [0.5, 0.6) is 5.75 Å². The van der Waals surface area contributed by atoms with Crippen molar-refractivity contribution in [1.29, 1.82) is 1.43 Å². The Bertz CT molecular complexity index is 1880. The Kier molecular flexibility index (Phi) is 8.81. The lowest BCUT2D eigenvalue weighted by atomic mass is 9.74. The molecule has 14 heteroatoms. The number of nitrogens with zero attached hydrogens (tertiary/aromatic N) is 3. The molecule has 48 heavy (non-hydrogen) atoms. The van der Waals surface area contributed by atoms with E-state index in [4.69, 9.17) is 11.9 Å². The average molecular weight is 673 g/mol. The number of fused-ring (bicyclic) bond motifs is 1. The summed E-state index contributed by atoms with van der Waals surface area (Å²) >= 11 is 0. The summed E-state index contributed by atoms with van der Waals surface area (Å²) in [5.74, 6) is -1.66. The lowest BCUT2D eigenvalue weighted by Crippen LogP contribution is -2.53. The van der Waals surface area contributed by atoms with Gasteiger partial charge in [-0.25, -0.2) is 9.07 Å². The van der Waals surface area contributed by atoms with E-state index in [1.165, 1.54) is 42.8 Å². The molecular formula is C34H37F4N5O5. The second kappa shape index (κ2) is 12.7. The molecule has 0 bridgehead atoms. The zero-order valence-electron chi connectivity index (χ0n) is 27.8. The van der Waals surface area contributed by atoms with E-state index >= 15 is 0 Å². The van der Waals surface area contributed by atoms with Crippen molar-refractivity contribution in [2.24, 2.45) is 5.73 Å². The number of carbonyl (C=O) groups is 2. The second-order valence-corrected chi connectivity index (χ2v) is 12.9. The summed E-state index contributed by atoms with van der Waals surface area (Å²) in [6.45, 7) is 3.79. The number of aromatic nitrogens is 2. The number of hydrogen-bond acceptors (Lipinski definition) is 7. The van der Waals surface area contributed by atoms with Gasteiger partial charge in [0.05, 0.1) is 37.2 Å². The highest BCUT2D eigenvalue weighted by Gasteiger charge is 2.56. The third-order valence-electron chi connectivity index (χ3n) is 8.75. The predicted molar refractivity (Wildman–Crippen MR) is 171 cm³/mol. The lowest BCUT2D eigenvalue weighted by molar-refractivity contribution is -0.260. The number of likely N-dealkylation sites (tertiary alicyclic amines) is 1. The van der Waals surface area contributed by atoms with E-state index < -0.39 is 59.9 Å². The number of nitrogens with two attached hydrogens (primary N) is 1. The average Bonchev–Trinajstić information content (AvgIpc) is 3.68. The van der Waals surface area contributed by atoms with Crippen LogP contribution in [0, 0.1) is 12.7 Å². The minimum Gasteiger partial charge on any atom is -0.496 e. The highest BCUT2D eigenvalue weighted by atomic mass is 19.4. The van der Waals surface area contributed by atoms with Gasteiger partial charge in [0.15, 0.2) is 5.60 Å². The molecule has 4 aromatic rings. The highest BCUT2D eigenvalue weighted by molar-refractivity contribution is 5.98. The monoisotopic (exact) mass is 672 g/mol. The van der Waals surface area contributed by atoms with Gasteiger partial charge in [-0.15, -0.1) is 0 Å². The first-order valence-corrected chi connectivity index (χ1v) is 15.2. The van der Waals surface area contributed by atoms with Crippen LogP contribution < -0.4 is 15.8 Å². The Morgan fingerprint density at radius 2 is 1.92 bits per heavy atom. The minimum absolute atomic E-state index is 0.0102. The number of β-amino-alcohol motifs (C(OH)–C–C–N with tert-alkyl or cyclic N) is 1. The third kappa shape index (κ3) is 6.67. The number of anilines is 1. The van der Waals surface area contributed by atoms with Crippen LogP contribution in [0.3, 0.4) is 0 Å². The summed E-state index contributed by atoms with van der Waals surface area (Å²) in [4.78, 5) is 26.7. The van der Waals surface area contributed by atoms with Gasteiger partial charge in [-0.1, -0.05) is 19.9 Å². The maximum Gasteiger partial charge on any atom is 0.418 e. The van der Waals surface area contributed by atoms with Crippen LogP contribution in [0.1, 0.15) is 48.2 Å². The van der Waals surface area contributed by atoms with Crippen molar-refractivity contribution in [3.05, 3.63) is 83.3 Å². The van der Waals surface area contributed by atoms with Crippen LogP contribution in [-0.4, -0.2) is 82.3 Å². The normalized spacial score (nSPS) is 18.4. The standard InChI is InChI=1S/C34H37F4N5O5/c1-19-10-26(40-18-33(47,34(36,37)38)17-32(2,3)25-13-21(35)8-9-29(25)48-4)24-15-41-43(27(24)11-19)22-7-5-6-20(12-22)31(46)42-16-23(44)14-28(42)30(39)45/h5-13,15,23,28,40,44,47H,14,16-18H2,1-4H3,(H2,39,45)/t23-,28-,33?/m0/s1/i44D. The van der Waals surface area contributed by atoms with Crippen LogP contribution in [0.2, 0.25) is 0 Å². The number of amides is 2. The summed E-state index contributed by atoms with van der Waals surface area (Å²) in [5.41, 5.74) is 3.21. The molecule has 5 N–H and O–H groups in total. The number of halogens is 4. The molecule has 256 valence electrons. The number of nitrogens with one attached hydrogen (secondary N) is 1. The van der Waals surface area contributed by atoms with Crippen LogP contribution in [0.25, 0.3) is 16.6 Å². The number of methoxy groups -OCH3 is 1. The van der Waals surface area contributed by atoms with E-state index in [1.54, 1.807) is 43.3 Å². The molecule has 1 unspecified atom stereocenters. The van der Waals surface area contributed by atoms with Gasteiger partial charge in [0.1, 0.15) is 17.6 Å². The smallest absolute Gasteiger partial charge is 0.418 e. The van der Waals surface area contributed by atoms with E-state index in [1.807, 2.05) is 0 Å². The van der Waals surface area contributed by atoms with E-state index in [0.717, 1.165) is 12.1 Å². The molecule has 5 rings (SSSR count). The Hall–Kier alpha value is -4.69. The van der Waals surface area contributed by atoms with Gasteiger partial charge in [0, 0.05) is 35.2 Å². The molecular weight excluding hydrogens is 634 g/mol. The molecule has 1 aliphatic heterocycles. The fourth-order valence-corrected chi connectivity index (χ4v) is 6.39. The molecule has 0 spiro atoms. The Morgan fingerprint density at radius 3 is 2.58 bits per heavy atom. The number of benzene rings is 3. The first-order chi connectivity index (χ1) is 23.0. The van der Waals surface area contributed by atoms with Crippen molar-refractivity contribution in [3.8, 4) is 11.4 Å². The van der Waals surface area contributed by atoms with Gasteiger partial charge in [0.25, 0.3) is 5.91 Å². The number of aliphatic hydroxyl groups is 2. The number of hydrogen-bond donors (Lipinski definition) is 4. The SMILES string of the molecule is [2H]O[C@H]1C[C@@H](C(N)=O)N(C(=O)c2cccc(-n3ncc4c(NCC(O)(CC(C)(C)c5cc(F)ccc5OC)C(F)(F)F)cc(C)cc43)c2)C1. The number of aliphatic hydroxyl groups excluding tert-OH is 1. The van der Waals surface area contributed by atoms with Crippen molar-refractivity contribution in [2.45, 2.75) is 63.0 Å². The topological polar surface area (TPSA) is 143 Å². The molecule has 10 nitrogen and oxygen atoms in total. The van der Waals surface area contributed by atoms with Crippen LogP contribution in [0.4, 0.5) is 23.2 Å². The fourth-order valence-electron chi connectivity index (χ4n) is 6.39. The third-order valence-corrected chi connectivity index (χ3v) is 8.75. The molecule has 1 fully saturated rings. The maximum atomic E-state index is 14.6. The number of aryl methyl sites for hydroxylation is 1. The van der Waals surface area contributed by atoms with Crippen molar-refractivity contribution in [2.75, 3.05) is 25.5 Å². The summed E-state index contributed by atoms with van der Waals surface area (Å²) in [7, 11) is 1.33. The van der Waals surface area contributed by atoms with Crippen LogP contribution in [0.15, 0.2) is 60.8 Å². The summed E-state index contributed by atoms with van der Waals surface area (Å²) in [5, 5.41) is 23.5. The van der Waals surface area contributed by atoms with Gasteiger partial charge in [0.2, 0.25) is 7.34 Å². The van der Waals surface area contributed by atoms with E-state index in [9.17, 15) is 32.3 Å². The Labute approximate surface area is 275 Å². The van der Waals surface area contributed by atoms with E-state index in [0.29, 0.717) is 22.2 Å². The van der Waals surface area contributed by atoms with Crippen molar-refractivity contribution < 1.29 is 42.1 Å². The molecule has 3 aromatic carbocycles. The number of carbonyl (C=O) groups excluding carboxylic acids is 2. The predicted octanol–water partition coefficient (Wildman–Crippen LogP) is 4.62. The van der Waals surface area contributed by atoms with Crippen molar-refractivity contribution in [1.82, 2.24) is 14.7 Å². The number of alkyl halides is 3. The van der Waals surface area contributed by atoms with Crippen LogP contribution >= 0.6 is 0 Å². The zero-order chi connectivity index (χ0) is 35.9. The lowest BCUT2D eigenvalue weighted by Gasteiger charge is -2.38. The molecule has 1 aliphatic rings.